The lowest BCUT2D eigenvalue weighted by molar-refractivity contribution is -0.133. The van der Waals surface area contributed by atoms with Gasteiger partial charge in [0.25, 0.3) is 0 Å². The van der Waals surface area contributed by atoms with E-state index in [4.69, 9.17) is 0 Å². The van der Waals surface area contributed by atoms with Crippen LogP contribution >= 0.6 is 24.0 Å². The fourth-order valence-electron chi connectivity index (χ4n) is 3.96. The number of halogens is 1. The van der Waals surface area contributed by atoms with Gasteiger partial charge < -0.3 is 15.5 Å². The van der Waals surface area contributed by atoms with Crippen LogP contribution in [0.15, 0.2) is 9.79 Å². The summed E-state index contributed by atoms with van der Waals surface area (Å²) in [7, 11) is 0. The van der Waals surface area contributed by atoms with Crippen molar-refractivity contribution in [2.75, 3.05) is 26.2 Å². The number of aliphatic imine (C=N–C) groups is 1. The molecule has 0 saturated carbocycles. The topological polar surface area (TPSA) is 96.6 Å². The molecule has 3 rings (SSSR count). The summed E-state index contributed by atoms with van der Waals surface area (Å²) in [5.74, 6) is 1.94. The number of fused-ring (bicyclic) bond motifs is 1. The van der Waals surface area contributed by atoms with Crippen molar-refractivity contribution in [1.29, 1.82) is 0 Å². The van der Waals surface area contributed by atoms with Gasteiger partial charge in [0.05, 0.1) is 0 Å². The van der Waals surface area contributed by atoms with Crippen LogP contribution in [0.1, 0.15) is 52.3 Å². The zero-order chi connectivity index (χ0) is 20.8. The third-order valence-corrected chi connectivity index (χ3v) is 5.51. The fraction of sp³-hybridized carbons (Fsp3) is 0.800. The van der Waals surface area contributed by atoms with Crippen molar-refractivity contribution in [2.45, 2.75) is 72.0 Å². The number of nitrogens with zero attached hydrogens (tertiary/aromatic N) is 5. The minimum absolute atomic E-state index is 0. The zero-order valence-corrected chi connectivity index (χ0v) is 20.7. The van der Waals surface area contributed by atoms with Gasteiger partial charge in [0, 0.05) is 57.6 Å². The van der Waals surface area contributed by atoms with E-state index in [0.29, 0.717) is 13.1 Å². The third-order valence-electron chi connectivity index (χ3n) is 5.51. The number of hydrogen-bond acceptors (Lipinski definition) is 4. The number of nitrogens with one attached hydrogen (secondary N) is 2. The van der Waals surface area contributed by atoms with Gasteiger partial charge in [-0.2, -0.15) is 5.10 Å². The van der Waals surface area contributed by atoms with Crippen LogP contribution in [0.3, 0.4) is 0 Å². The largest absolute Gasteiger partial charge is 0.357 e. The molecule has 0 aliphatic carbocycles. The van der Waals surface area contributed by atoms with Crippen LogP contribution in [0.5, 0.6) is 0 Å². The molecule has 0 spiro atoms. The van der Waals surface area contributed by atoms with Crippen molar-refractivity contribution < 1.29 is 4.79 Å². The Morgan fingerprint density at radius 1 is 1.30 bits per heavy atom. The molecule has 9 nitrogen and oxygen atoms in total. The van der Waals surface area contributed by atoms with Gasteiger partial charge in [-0.25, -0.2) is 9.48 Å². The van der Waals surface area contributed by atoms with Gasteiger partial charge in [-0.3, -0.25) is 14.4 Å². The number of aryl methyl sites for hydroxylation is 2. The third kappa shape index (κ3) is 6.21. The summed E-state index contributed by atoms with van der Waals surface area (Å²) in [5.41, 5.74) is 0.00887. The second kappa shape index (κ2) is 11.7. The number of carbonyl (C=O) groups excluding carboxylic acids is 1. The summed E-state index contributed by atoms with van der Waals surface area (Å²) in [6.45, 7) is 10.2. The lowest BCUT2D eigenvalue weighted by Gasteiger charge is -2.20. The molecule has 1 aromatic heterocycles. The van der Waals surface area contributed by atoms with Crippen LogP contribution in [-0.4, -0.2) is 63.3 Å². The Bertz CT molecular complexity index is 787. The predicted octanol–water partition coefficient (Wildman–Crippen LogP) is 1.20. The Balaban J connectivity index is 0.00000320. The maximum Gasteiger partial charge on any atom is 0.345 e. The van der Waals surface area contributed by atoms with Crippen molar-refractivity contribution in [3.63, 3.8) is 0 Å². The Morgan fingerprint density at radius 3 is 2.80 bits per heavy atom. The van der Waals surface area contributed by atoms with Crippen LogP contribution < -0.4 is 16.3 Å². The van der Waals surface area contributed by atoms with Gasteiger partial charge in [0.2, 0.25) is 5.91 Å². The van der Waals surface area contributed by atoms with E-state index >= 15 is 0 Å². The molecule has 10 heteroatoms. The minimum Gasteiger partial charge on any atom is -0.357 e. The Morgan fingerprint density at radius 2 is 2.10 bits per heavy atom. The van der Waals surface area contributed by atoms with Crippen molar-refractivity contribution in [3.05, 3.63) is 16.3 Å². The second-order valence-electron chi connectivity index (χ2n) is 8.21. The summed E-state index contributed by atoms with van der Waals surface area (Å²) in [6.07, 6.45) is 4.75. The normalized spacial score (nSPS) is 18.9. The molecule has 1 saturated heterocycles. The molecule has 0 bridgehead atoms. The van der Waals surface area contributed by atoms with Gasteiger partial charge in [0.1, 0.15) is 5.82 Å². The highest BCUT2D eigenvalue weighted by Crippen LogP contribution is 2.13. The van der Waals surface area contributed by atoms with E-state index < -0.39 is 0 Å². The number of aromatic nitrogens is 3. The molecular formula is C20H36IN7O2. The number of rotatable bonds is 7. The van der Waals surface area contributed by atoms with Crippen molar-refractivity contribution >= 4 is 35.8 Å². The Hall–Kier alpha value is -1.59. The van der Waals surface area contributed by atoms with Crippen molar-refractivity contribution in [2.24, 2.45) is 10.9 Å². The Labute approximate surface area is 195 Å². The van der Waals surface area contributed by atoms with Crippen molar-refractivity contribution in [1.82, 2.24) is 29.9 Å². The minimum atomic E-state index is 0. The van der Waals surface area contributed by atoms with E-state index in [1.54, 1.807) is 4.68 Å². The Kier molecular flexibility index (Phi) is 9.63. The number of hydrogen-bond donors (Lipinski definition) is 2. The van der Waals surface area contributed by atoms with Crippen LogP contribution in [0.25, 0.3) is 0 Å². The second-order valence-corrected chi connectivity index (χ2v) is 8.21. The lowest BCUT2D eigenvalue weighted by atomic mass is 10.2. The molecule has 1 atom stereocenters. The average molecular weight is 533 g/mol. The van der Waals surface area contributed by atoms with Crippen molar-refractivity contribution in [3.8, 4) is 0 Å². The number of guanidine groups is 1. The van der Waals surface area contributed by atoms with E-state index in [0.717, 1.165) is 70.1 Å². The molecule has 1 unspecified atom stereocenters. The monoisotopic (exact) mass is 533 g/mol. The molecular weight excluding hydrogens is 497 g/mol. The van der Waals surface area contributed by atoms with Gasteiger partial charge >= 0.3 is 5.69 Å². The first-order valence-electron chi connectivity index (χ1n) is 11.0. The first-order valence-corrected chi connectivity index (χ1v) is 11.0. The summed E-state index contributed by atoms with van der Waals surface area (Å²) < 4.78 is 3.39. The molecule has 1 aromatic rings. The summed E-state index contributed by atoms with van der Waals surface area (Å²) >= 11 is 0. The highest BCUT2D eigenvalue weighted by Gasteiger charge is 2.27. The summed E-state index contributed by atoms with van der Waals surface area (Å²) in [6, 6.07) is 0.220. The van der Waals surface area contributed by atoms with E-state index in [9.17, 15) is 9.59 Å². The molecule has 0 aromatic carbocycles. The average Bonchev–Trinajstić information content (AvgIpc) is 3.29. The van der Waals surface area contributed by atoms with Gasteiger partial charge in [-0.1, -0.05) is 13.8 Å². The van der Waals surface area contributed by atoms with Gasteiger partial charge in [0.15, 0.2) is 5.96 Å². The quantitative estimate of drug-likeness (QED) is 0.238. The van der Waals surface area contributed by atoms with E-state index in [1.807, 2.05) is 30.2 Å². The van der Waals surface area contributed by atoms with E-state index in [-0.39, 0.29) is 47.5 Å². The molecule has 170 valence electrons. The van der Waals surface area contributed by atoms with Crippen LogP contribution in [0, 0.1) is 5.92 Å². The number of likely N-dealkylation sites (tertiary alicyclic amines) is 1. The fourth-order valence-corrected chi connectivity index (χ4v) is 3.96. The first-order chi connectivity index (χ1) is 14.0. The van der Waals surface area contributed by atoms with Crippen LogP contribution in [0.4, 0.5) is 0 Å². The van der Waals surface area contributed by atoms with Gasteiger partial charge in [-0.05, 0) is 32.6 Å². The van der Waals surface area contributed by atoms with Crippen LogP contribution in [0.2, 0.25) is 0 Å². The highest BCUT2D eigenvalue weighted by atomic mass is 127. The molecule has 0 radical (unpaired) electrons. The summed E-state index contributed by atoms with van der Waals surface area (Å²) in [4.78, 5) is 31.1. The van der Waals surface area contributed by atoms with Gasteiger partial charge in [-0.15, -0.1) is 24.0 Å². The summed E-state index contributed by atoms with van der Waals surface area (Å²) in [5, 5.41) is 11.2. The number of carbonyl (C=O) groups is 1. The smallest absolute Gasteiger partial charge is 0.345 e. The van der Waals surface area contributed by atoms with E-state index in [2.05, 4.69) is 20.7 Å². The molecule has 1 amide bonds. The van der Waals surface area contributed by atoms with E-state index in [1.165, 1.54) is 0 Å². The zero-order valence-electron chi connectivity index (χ0n) is 18.4. The molecule has 2 aliphatic heterocycles. The highest BCUT2D eigenvalue weighted by molar-refractivity contribution is 14.0. The first kappa shape index (κ1) is 24.7. The maximum absolute atomic E-state index is 12.4. The van der Waals surface area contributed by atoms with Crippen LogP contribution in [-0.2, 0) is 24.3 Å². The molecule has 30 heavy (non-hydrogen) atoms. The standard InChI is InChI=1S/C20H35N7O2.HI/c1-4-21-19(23-16-9-13-25(14-16)18(28)15(2)3)22-10-7-12-27-20(29)26-11-6-5-8-17(26)24-27;/h15-16H,4-14H2,1-3H3,(H2,21,22,23);1H. The molecule has 3 heterocycles. The SMILES string of the molecule is CCNC(=NCCCn1nc2n(c1=O)CCCC2)NC1CCN(C(=O)C(C)C)C1.I. The lowest BCUT2D eigenvalue weighted by Crippen LogP contribution is -2.45. The maximum atomic E-state index is 12.4. The molecule has 2 aliphatic rings. The number of amides is 1. The molecule has 1 fully saturated rings. The predicted molar refractivity (Wildman–Crippen MR) is 128 cm³/mol. The molecule has 2 N–H and O–H groups in total.